The SMILES string of the molecule is Cc1ncn(-c2ccc(NC(=O)C3CCC4(CC3)CC(N)C4)cc2)c1C. The van der Waals surface area contributed by atoms with Crippen molar-refractivity contribution in [3.8, 4) is 5.69 Å². The minimum absolute atomic E-state index is 0.135. The molecule has 0 radical (unpaired) electrons. The highest BCUT2D eigenvalue weighted by Crippen LogP contribution is 2.52. The molecule has 4 rings (SSSR count). The van der Waals surface area contributed by atoms with E-state index in [1.165, 1.54) is 0 Å². The van der Waals surface area contributed by atoms with Crippen LogP contribution < -0.4 is 11.1 Å². The minimum atomic E-state index is 0.135. The standard InChI is InChI=1S/C21H28N4O/c1-14-15(2)25(13-23-14)19-5-3-18(4-6-19)24-20(26)16-7-9-21(10-8-16)11-17(22)12-21/h3-6,13,16-17H,7-12,22H2,1-2H3,(H,24,26). The van der Waals surface area contributed by atoms with Crippen LogP contribution in [-0.4, -0.2) is 21.5 Å². The summed E-state index contributed by atoms with van der Waals surface area (Å²) >= 11 is 0. The van der Waals surface area contributed by atoms with Crippen LogP contribution in [0.15, 0.2) is 30.6 Å². The first-order valence-corrected chi connectivity index (χ1v) is 9.63. The van der Waals surface area contributed by atoms with E-state index in [1.807, 2.05) is 37.5 Å². The third-order valence-electron chi connectivity index (χ3n) is 6.47. The molecule has 2 aliphatic carbocycles. The molecular weight excluding hydrogens is 324 g/mol. The van der Waals surface area contributed by atoms with Crippen LogP contribution in [-0.2, 0) is 4.79 Å². The van der Waals surface area contributed by atoms with Gasteiger partial charge >= 0.3 is 0 Å². The number of hydrogen-bond donors (Lipinski definition) is 2. The Bertz CT molecular complexity index is 792. The topological polar surface area (TPSA) is 72.9 Å². The van der Waals surface area contributed by atoms with Gasteiger partial charge in [0.25, 0.3) is 0 Å². The van der Waals surface area contributed by atoms with Crippen molar-refractivity contribution >= 4 is 11.6 Å². The third-order valence-corrected chi connectivity index (χ3v) is 6.47. The Balaban J connectivity index is 1.35. The van der Waals surface area contributed by atoms with Crippen LogP contribution in [0, 0.1) is 25.2 Å². The molecule has 1 aromatic carbocycles. The Morgan fingerprint density at radius 1 is 1.19 bits per heavy atom. The van der Waals surface area contributed by atoms with Gasteiger partial charge in [-0.25, -0.2) is 4.98 Å². The smallest absolute Gasteiger partial charge is 0.227 e. The molecule has 1 spiro atoms. The highest BCUT2D eigenvalue weighted by Gasteiger charge is 2.45. The summed E-state index contributed by atoms with van der Waals surface area (Å²) in [6.45, 7) is 4.06. The van der Waals surface area contributed by atoms with Gasteiger partial charge in [0.05, 0.1) is 12.0 Å². The second-order valence-corrected chi connectivity index (χ2v) is 8.26. The van der Waals surface area contributed by atoms with E-state index in [1.54, 1.807) is 0 Å². The number of aryl methyl sites for hydroxylation is 1. The lowest BCUT2D eigenvalue weighted by Crippen LogP contribution is -2.48. The van der Waals surface area contributed by atoms with E-state index < -0.39 is 0 Å². The van der Waals surface area contributed by atoms with Crippen LogP contribution in [0.5, 0.6) is 0 Å². The van der Waals surface area contributed by atoms with Crippen LogP contribution in [0.3, 0.4) is 0 Å². The molecular formula is C21H28N4O. The van der Waals surface area contributed by atoms with Gasteiger partial charge in [-0.2, -0.15) is 0 Å². The fourth-order valence-electron chi connectivity index (χ4n) is 4.66. The third kappa shape index (κ3) is 3.16. The molecule has 5 nitrogen and oxygen atoms in total. The zero-order valence-corrected chi connectivity index (χ0v) is 15.7. The van der Waals surface area contributed by atoms with Crippen molar-refractivity contribution in [3.05, 3.63) is 42.0 Å². The molecule has 2 aromatic rings. The zero-order chi connectivity index (χ0) is 18.3. The summed E-state index contributed by atoms with van der Waals surface area (Å²) in [5.41, 5.74) is 10.5. The second-order valence-electron chi connectivity index (χ2n) is 8.26. The molecule has 0 aliphatic heterocycles. The Morgan fingerprint density at radius 3 is 2.38 bits per heavy atom. The molecule has 2 aliphatic rings. The maximum atomic E-state index is 12.6. The first-order valence-electron chi connectivity index (χ1n) is 9.63. The summed E-state index contributed by atoms with van der Waals surface area (Å²) < 4.78 is 2.06. The summed E-state index contributed by atoms with van der Waals surface area (Å²) in [6, 6.07) is 8.38. The highest BCUT2D eigenvalue weighted by atomic mass is 16.1. The number of rotatable bonds is 3. The summed E-state index contributed by atoms with van der Waals surface area (Å²) in [4.78, 5) is 16.9. The summed E-state index contributed by atoms with van der Waals surface area (Å²) in [5.74, 6) is 0.293. The predicted octanol–water partition coefficient (Wildman–Crippen LogP) is 3.73. The first kappa shape index (κ1) is 17.3. The Kier molecular flexibility index (Phi) is 4.35. The quantitative estimate of drug-likeness (QED) is 0.884. The van der Waals surface area contributed by atoms with E-state index in [4.69, 9.17) is 5.73 Å². The van der Waals surface area contributed by atoms with Gasteiger partial charge in [-0.15, -0.1) is 0 Å². The average molecular weight is 352 g/mol. The molecule has 0 unspecified atom stereocenters. The number of nitrogens with zero attached hydrogens (tertiary/aromatic N) is 2. The van der Waals surface area contributed by atoms with Crippen molar-refractivity contribution in [2.75, 3.05) is 5.32 Å². The van der Waals surface area contributed by atoms with Gasteiger partial charge in [0, 0.05) is 29.0 Å². The Labute approximate surface area is 155 Å². The normalized spacial score (nSPS) is 28.0. The van der Waals surface area contributed by atoms with E-state index >= 15 is 0 Å². The Morgan fingerprint density at radius 2 is 1.85 bits per heavy atom. The first-order chi connectivity index (χ1) is 12.5. The van der Waals surface area contributed by atoms with Crippen LogP contribution in [0.25, 0.3) is 5.69 Å². The van der Waals surface area contributed by atoms with Crippen molar-refractivity contribution in [1.29, 1.82) is 0 Å². The number of amides is 1. The molecule has 0 atom stereocenters. The largest absolute Gasteiger partial charge is 0.328 e. The van der Waals surface area contributed by atoms with E-state index in [0.717, 1.165) is 61.3 Å². The number of nitrogens with two attached hydrogens (primary N) is 1. The van der Waals surface area contributed by atoms with Gasteiger partial charge < -0.3 is 15.6 Å². The summed E-state index contributed by atoms with van der Waals surface area (Å²) in [6.07, 6.45) is 8.41. The van der Waals surface area contributed by atoms with E-state index in [9.17, 15) is 4.79 Å². The molecule has 1 heterocycles. The molecule has 3 N–H and O–H groups in total. The van der Waals surface area contributed by atoms with Crippen molar-refractivity contribution < 1.29 is 4.79 Å². The number of carbonyl (C=O) groups excluding carboxylic acids is 1. The maximum absolute atomic E-state index is 12.6. The van der Waals surface area contributed by atoms with E-state index in [0.29, 0.717) is 11.5 Å². The Hall–Kier alpha value is -2.14. The number of anilines is 1. The van der Waals surface area contributed by atoms with Crippen LogP contribution in [0.2, 0.25) is 0 Å². The molecule has 2 saturated carbocycles. The van der Waals surface area contributed by atoms with Crippen molar-refractivity contribution in [1.82, 2.24) is 9.55 Å². The average Bonchev–Trinajstić information content (AvgIpc) is 2.94. The molecule has 2 fully saturated rings. The number of imidazole rings is 1. The van der Waals surface area contributed by atoms with Crippen LogP contribution in [0.1, 0.15) is 49.9 Å². The van der Waals surface area contributed by atoms with Crippen LogP contribution in [0.4, 0.5) is 5.69 Å². The fourth-order valence-corrected chi connectivity index (χ4v) is 4.66. The minimum Gasteiger partial charge on any atom is -0.328 e. The van der Waals surface area contributed by atoms with Crippen LogP contribution >= 0.6 is 0 Å². The number of nitrogens with one attached hydrogen (secondary N) is 1. The number of aromatic nitrogens is 2. The van der Waals surface area contributed by atoms with Gasteiger partial charge in [0.1, 0.15) is 0 Å². The van der Waals surface area contributed by atoms with Crippen molar-refractivity contribution in [2.24, 2.45) is 17.1 Å². The molecule has 26 heavy (non-hydrogen) atoms. The predicted molar refractivity (Wildman–Crippen MR) is 103 cm³/mol. The number of hydrogen-bond acceptors (Lipinski definition) is 3. The second kappa shape index (κ2) is 6.54. The number of benzene rings is 1. The van der Waals surface area contributed by atoms with E-state index in [-0.39, 0.29) is 11.8 Å². The number of carbonyl (C=O) groups is 1. The van der Waals surface area contributed by atoms with Crippen molar-refractivity contribution in [3.63, 3.8) is 0 Å². The molecule has 1 aromatic heterocycles. The monoisotopic (exact) mass is 352 g/mol. The fraction of sp³-hybridized carbons (Fsp3) is 0.524. The van der Waals surface area contributed by atoms with Gasteiger partial charge in [-0.1, -0.05) is 0 Å². The van der Waals surface area contributed by atoms with Gasteiger partial charge in [0.15, 0.2) is 0 Å². The zero-order valence-electron chi connectivity index (χ0n) is 15.7. The molecule has 138 valence electrons. The lowest BCUT2D eigenvalue weighted by atomic mass is 9.57. The van der Waals surface area contributed by atoms with Gasteiger partial charge in [-0.3, -0.25) is 4.79 Å². The lowest BCUT2D eigenvalue weighted by molar-refractivity contribution is -0.122. The molecule has 5 heteroatoms. The summed E-state index contributed by atoms with van der Waals surface area (Å²) in [5, 5.41) is 3.09. The maximum Gasteiger partial charge on any atom is 0.227 e. The van der Waals surface area contributed by atoms with E-state index in [2.05, 4.69) is 21.8 Å². The molecule has 0 saturated heterocycles. The highest BCUT2D eigenvalue weighted by molar-refractivity contribution is 5.92. The van der Waals surface area contributed by atoms with Gasteiger partial charge in [0.2, 0.25) is 5.91 Å². The molecule has 0 bridgehead atoms. The lowest BCUT2D eigenvalue weighted by Gasteiger charge is -2.50. The van der Waals surface area contributed by atoms with Crippen molar-refractivity contribution in [2.45, 2.75) is 58.4 Å². The molecule has 1 amide bonds. The summed E-state index contributed by atoms with van der Waals surface area (Å²) in [7, 11) is 0. The van der Waals surface area contributed by atoms with Gasteiger partial charge in [-0.05, 0) is 82.1 Å².